The van der Waals surface area contributed by atoms with Gasteiger partial charge < -0.3 is 20.1 Å². The van der Waals surface area contributed by atoms with E-state index in [2.05, 4.69) is 24.5 Å². The molecule has 0 aromatic heterocycles. The van der Waals surface area contributed by atoms with Crippen LogP contribution in [0, 0.1) is 0 Å². The lowest BCUT2D eigenvalue weighted by Crippen LogP contribution is -2.43. The fraction of sp³-hybridized carbons (Fsp3) is 0.680. The van der Waals surface area contributed by atoms with Crippen LogP contribution in [0.1, 0.15) is 97.6 Å². The zero-order valence-electron chi connectivity index (χ0n) is 20.3. The molecule has 6 nitrogen and oxygen atoms in total. The lowest BCUT2D eigenvalue weighted by atomic mass is 9.87. The Hall–Kier alpha value is -2.24. The molecular weight excluding hydrogens is 392 g/mol. The third-order valence-corrected chi connectivity index (χ3v) is 5.35. The summed E-state index contributed by atoms with van der Waals surface area (Å²) in [5.41, 5.74) is 0.624. The van der Waals surface area contributed by atoms with E-state index in [0.29, 0.717) is 13.2 Å². The first kappa shape index (κ1) is 26.8. The van der Waals surface area contributed by atoms with E-state index in [1.165, 1.54) is 0 Å². The zero-order chi connectivity index (χ0) is 23.3. The summed E-state index contributed by atoms with van der Waals surface area (Å²) in [5.74, 6) is 0. The molecule has 0 bridgehead atoms. The Morgan fingerprint density at radius 1 is 0.742 bits per heavy atom. The molecule has 0 saturated carbocycles. The van der Waals surface area contributed by atoms with Crippen molar-refractivity contribution in [3.63, 3.8) is 0 Å². The van der Waals surface area contributed by atoms with E-state index >= 15 is 0 Å². The van der Waals surface area contributed by atoms with Gasteiger partial charge in [-0.15, -0.1) is 0 Å². The first-order chi connectivity index (χ1) is 14.6. The van der Waals surface area contributed by atoms with Gasteiger partial charge in [-0.1, -0.05) is 70.2 Å². The molecule has 0 heterocycles. The standard InChI is InChI=1S/C25H42N2O4/c1-7-9-11-13-18-31-23(29)27-25(5,6)21-16-14-15-20(19-21)24(3,4)26-22(28)30-17-12-10-8-2/h14-16,19H,7-13,17-18H2,1-6H3,(H,26,28)(H,27,29). The molecule has 0 aliphatic rings. The van der Waals surface area contributed by atoms with Gasteiger partial charge in [0.15, 0.2) is 0 Å². The summed E-state index contributed by atoms with van der Waals surface area (Å²) in [6, 6.07) is 7.85. The molecule has 1 rings (SSSR count). The maximum Gasteiger partial charge on any atom is 0.407 e. The van der Waals surface area contributed by atoms with Gasteiger partial charge in [0.25, 0.3) is 0 Å². The molecule has 176 valence electrons. The average Bonchev–Trinajstić information content (AvgIpc) is 2.70. The number of ether oxygens (including phenoxy) is 2. The summed E-state index contributed by atoms with van der Waals surface area (Å²) < 4.78 is 10.6. The van der Waals surface area contributed by atoms with Crippen molar-refractivity contribution in [1.82, 2.24) is 10.6 Å². The van der Waals surface area contributed by atoms with E-state index < -0.39 is 23.3 Å². The molecule has 0 unspecified atom stereocenters. The summed E-state index contributed by atoms with van der Waals surface area (Å²) in [7, 11) is 0. The second-order valence-electron chi connectivity index (χ2n) is 9.12. The minimum Gasteiger partial charge on any atom is -0.450 e. The van der Waals surface area contributed by atoms with Crippen LogP contribution in [-0.2, 0) is 20.6 Å². The number of hydrogen-bond acceptors (Lipinski definition) is 4. The Morgan fingerprint density at radius 3 is 1.61 bits per heavy atom. The molecule has 0 aliphatic carbocycles. The molecule has 0 aliphatic heterocycles. The van der Waals surface area contributed by atoms with Crippen molar-refractivity contribution >= 4 is 12.2 Å². The number of carbonyl (C=O) groups is 2. The van der Waals surface area contributed by atoms with Crippen molar-refractivity contribution in [1.29, 1.82) is 0 Å². The summed E-state index contributed by atoms with van der Waals surface area (Å²) >= 11 is 0. The highest BCUT2D eigenvalue weighted by Crippen LogP contribution is 2.27. The number of rotatable bonds is 13. The number of hydrogen-bond donors (Lipinski definition) is 2. The first-order valence-electron chi connectivity index (χ1n) is 11.6. The molecule has 6 heteroatoms. The molecule has 2 N–H and O–H groups in total. The number of benzene rings is 1. The fourth-order valence-corrected chi connectivity index (χ4v) is 3.23. The predicted molar refractivity (Wildman–Crippen MR) is 125 cm³/mol. The molecule has 0 saturated heterocycles. The predicted octanol–water partition coefficient (Wildman–Crippen LogP) is 6.38. The van der Waals surface area contributed by atoms with Gasteiger partial charge in [-0.05, 0) is 51.7 Å². The van der Waals surface area contributed by atoms with Gasteiger partial charge in [-0.3, -0.25) is 0 Å². The highest BCUT2D eigenvalue weighted by Gasteiger charge is 2.28. The van der Waals surface area contributed by atoms with Gasteiger partial charge in [0.1, 0.15) is 0 Å². The minimum atomic E-state index is -0.618. The number of alkyl carbamates (subject to hydrolysis) is 2. The van der Waals surface area contributed by atoms with Gasteiger partial charge in [-0.25, -0.2) is 9.59 Å². The van der Waals surface area contributed by atoms with Crippen LogP contribution in [0.25, 0.3) is 0 Å². The van der Waals surface area contributed by atoms with E-state index in [1.54, 1.807) is 0 Å². The van der Waals surface area contributed by atoms with E-state index in [1.807, 2.05) is 52.0 Å². The Labute approximate surface area is 188 Å². The number of amides is 2. The Balaban J connectivity index is 2.70. The van der Waals surface area contributed by atoms with Gasteiger partial charge >= 0.3 is 12.2 Å². The van der Waals surface area contributed by atoms with Crippen molar-refractivity contribution < 1.29 is 19.1 Å². The van der Waals surface area contributed by atoms with Crippen LogP contribution >= 0.6 is 0 Å². The zero-order valence-corrected chi connectivity index (χ0v) is 20.3. The molecule has 0 radical (unpaired) electrons. The number of nitrogens with one attached hydrogen (secondary N) is 2. The summed E-state index contributed by atoms with van der Waals surface area (Å²) in [6.07, 6.45) is 6.41. The fourth-order valence-electron chi connectivity index (χ4n) is 3.23. The van der Waals surface area contributed by atoms with Gasteiger partial charge in [0.05, 0.1) is 24.3 Å². The van der Waals surface area contributed by atoms with Crippen LogP contribution in [0.2, 0.25) is 0 Å². The molecule has 0 fully saturated rings. The van der Waals surface area contributed by atoms with Crippen LogP contribution < -0.4 is 10.6 Å². The molecule has 0 spiro atoms. The highest BCUT2D eigenvalue weighted by atomic mass is 16.6. The van der Waals surface area contributed by atoms with Crippen LogP contribution in [0.5, 0.6) is 0 Å². The van der Waals surface area contributed by atoms with Crippen molar-refractivity contribution in [3.05, 3.63) is 35.4 Å². The summed E-state index contributed by atoms with van der Waals surface area (Å²) in [5, 5.41) is 5.89. The average molecular weight is 435 g/mol. The summed E-state index contributed by atoms with van der Waals surface area (Å²) in [4.78, 5) is 24.4. The van der Waals surface area contributed by atoms with Gasteiger partial charge in [0, 0.05) is 0 Å². The third kappa shape index (κ3) is 10.1. The Morgan fingerprint density at radius 2 is 1.16 bits per heavy atom. The van der Waals surface area contributed by atoms with Crippen LogP contribution in [0.3, 0.4) is 0 Å². The molecule has 0 atom stereocenters. The molecule has 1 aromatic rings. The maximum absolute atomic E-state index is 12.2. The number of carbonyl (C=O) groups excluding carboxylic acids is 2. The molecular formula is C25H42N2O4. The SMILES string of the molecule is CCCCCCOC(=O)NC(C)(C)c1cccc(C(C)(C)NC(=O)OCCCCC)c1. The molecule has 1 aromatic carbocycles. The lowest BCUT2D eigenvalue weighted by molar-refractivity contribution is 0.133. The van der Waals surface area contributed by atoms with Crippen molar-refractivity contribution in [2.24, 2.45) is 0 Å². The van der Waals surface area contributed by atoms with Crippen LogP contribution in [0.4, 0.5) is 9.59 Å². The first-order valence-corrected chi connectivity index (χ1v) is 11.6. The van der Waals surface area contributed by atoms with Crippen LogP contribution in [-0.4, -0.2) is 25.4 Å². The monoisotopic (exact) mass is 434 g/mol. The quantitative estimate of drug-likeness (QED) is 0.353. The maximum atomic E-state index is 12.2. The highest BCUT2D eigenvalue weighted by molar-refractivity contribution is 5.69. The smallest absolute Gasteiger partial charge is 0.407 e. The third-order valence-electron chi connectivity index (χ3n) is 5.35. The van der Waals surface area contributed by atoms with Crippen molar-refractivity contribution in [3.8, 4) is 0 Å². The largest absolute Gasteiger partial charge is 0.450 e. The Kier molecular flexibility index (Phi) is 11.4. The summed E-state index contributed by atoms with van der Waals surface area (Å²) in [6.45, 7) is 12.9. The van der Waals surface area contributed by atoms with Crippen molar-refractivity contribution in [2.75, 3.05) is 13.2 Å². The van der Waals surface area contributed by atoms with E-state index in [9.17, 15) is 9.59 Å². The van der Waals surface area contributed by atoms with E-state index in [4.69, 9.17) is 9.47 Å². The molecule has 2 amide bonds. The molecule has 31 heavy (non-hydrogen) atoms. The Bertz CT molecular complexity index is 686. The van der Waals surface area contributed by atoms with Gasteiger partial charge in [-0.2, -0.15) is 0 Å². The van der Waals surface area contributed by atoms with Crippen molar-refractivity contribution in [2.45, 2.75) is 97.6 Å². The lowest BCUT2D eigenvalue weighted by Gasteiger charge is -2.30. The number of unbranched alkanes of at least 4 members (excludes halogenated alkanes) is 5. The van der Waals surface area contributed by atoms with Gasteiger partial charge in [0.2, 0.25) is 0 Å². The van der Waals surface area contributed by atoms with E-state index in [0.717, 1.165) is 56.1 Å². The second-order valence-corrected chi connectivity index (χ2v) is 9.12. The van der Waals surface area contributed by atoms with E-state index in [-0.39, 0.29) is 0 Å². The van der Waals surface area contributed by atoms with Crippen LogP contribution in [0.15, 0.2) is 24.3 Å². The topological polar surface area (TPSA) is 76.7 Å². The minimum absolute atomic E-state index is 0.417. The second kappa shape index (κ2) is 13.2. The normalized spacial score (nSPS) is 11.7.